The van der Waals surface area contributed by atoms with Gasteiger partial charge in [-0.2, -0.15) is 0 Å². The lowest BCUT2D eigenvalue weighted by atomic mass is 10.2. The number of alkyl halides is 1. The molecule has 2 N–H and O–H groups in total. The van der Waals surface area contributed by atoms with E-state index in [1.807, 2.05) is 0 Å². The van der Waals surface area contributed by atoms with Crippen molar-refractivity contribution in [1.82, 2.24) is 5.32 Å². The first-order valence-electron chi connectivity index (χ1n) is 2.79. The number of carboxylic acid groups (broad SMARTS) is 1. The van der Waals surface area contributed by atoms with Gasteiger partial charge in [-0.15, -0.1) is 0 Å². The number of halogens is 2. The minimum Gasteiger partial charge on any atom is -0.478 e. The van der Waals surface area contributed by atoms with Gasteiger partial charge in [-0.3, -0.25) is 0 Å². The fourth-order valence-corrected chi connectivity index (χ4v) is 0.833. The average molecular weight is 194 g/mol. The summed E-state index contributed by atoms with van der Waals surface area (Å²) in [6.07, 6.45) is 4.04. The Morgan fingerprint density at radius 2 is 2.36 bits per heavy atom. The van der Waals surface area contributed by atoms with Crippen molar-refractivity contribution in [2.75, 3.05) is 0 Å². The maximum atomic E-state index is 10.5. The lowest BCUT2D eigenvalue weighted by Crippen LogP contribution is -2.43. The van der Waals surface area contributed by atoms with E-state index in [1.54, 1.807) is 0 Å². The van der Waals surface area contributed by atoms with Gasteiger partial charge in [-0.1, -0.05) is 23.2 Å². The van der Waals surface area contributed by atoms with Gasteiger partial charge in [0.05, 0.1) is 5.03 Å². The van der Waals surface area contributed by atoms with Crippen LogP contribution in [-0.2, 0) is 4.79 Å². The van der Waals surface area contributed by atoms with E-state index in [0.717, 1.165) is 0 Å². The van der Waals surface area contributed by atoms with Crippen molar-refractivity contribution in [2.45, 2.75) is 5.00 Å². The van der Waals surface area contributed by atoms with E-state index in [4.69, 9.17) is 28.3 Å². The van der Waals surface area contributed by atoms with Crippen molar-refractivity contribution >= 4 is 29.2 Å². The Hall–Kier alpha value is -0.670. The molecule has 1 heterocycles. The number of aliphatic carboxylic acids is 1. The van der Waals surface area contributed by atoms with E-state index in [-0.39, 0.29) is 0 Å². The molecule has 1 aliphatic heterocycles. The molecule has 0 aliphatic carbocycles. The summed E-state index contributed by atoms with van der Waals surface area (Å²) in [6, 6.07) is 0. The van der Waals surface area contributed by atoms with Crippen LogP contribution in [0.5, 0.6) is 0 Å². The fourth-order valence-electron chi connectivity index (χ4n) is 0.598. The molecule has 1 rings (SSSR count). The molecule has 0 fully saturated rings. The van der Waals surface area contributed by atoms with E-state index < -0.39 is 11.0 Å². The van der Waals surface area contributed by atoms with E-state index in [1.165, 1.54) is 18.4 Å². The first-order chi connectivity index (χ1) is 5.04. The van der Waals surface area contributed by atoms with Crippen LogP contribution >= 0.6 is 23.2 Å². The maximum Gasteiger partial charge on any atom is 0.349 e. The van der Waals surface area contributed by atoms with Crippen molar-refractivity contribution in [3.8, 4) is 0 Å². The van der Waals surface area contributed by atoms with Crippen molar-refractivity contribution in [1.29, 1.82) is 0 Å². The average Bonchev–Trinajstić information content (AvgIpc) is 1.95. The predicted molar refractivity (Wildman–Crippen MR) is 42.4 cm³/mol. The molecule has 3 nitrogen and oxygen atoms in total. The second-order valence-electron chi connectivity index (χ2n) is 2.02. The molecule has 0 spiro atoms. The number of carbonyl (C=O) groups is 1. The van der Waals surface area contributed by atoms with E-state index >= 15 is 0 Å². The molecule has 0 amide bonds. The normalized spacial score (nSPS) is 29.1. The summed E-state index contributed by atoms with van der Waals surface area (Å²) < 4.78 is 0. The minimum absolute atomic E-state index is 0.419. The van der Waals surface area contributed by atoms with E-state index in [9.17, 15) is 4.79 Å². The molecule has 0 radical (unpaired) electrons. The summed E-state index contributed by atoms with van der Waals surface area (Å²) in [6.45, 7) is 0. The second kappa shape index (κ2) is 2.75. The third-order valence-electron chi connectivity index (χ3n) is 1.20. The highest BCUT2D eigenvalue weighted by molar-refractivity contribution is 6.36. The Morgan fingerprint density at radius 1 is 1.73 bits per heavy atom. The summed E-state index contributed by atoms with van der Waals surface area (Å²) in [5.41, 5.74) is 0. The zero-order valence-electron chi connectivity index (χ0n) is 5.34. The molecule has 0 saturated carbocycles. The summed E-state index contributed by atoms with van der Waals surface area (Å²) in [5.74, 6) is -1.16. The van der Waals surface area contributed by atoms with Crippen molar-refractivity contribution < 1.29 is 9.90 Å². The molecular formula is C6H5Cl2NO2. The molecule has 11 heavy (non-hydrogen) atoms. The van der Waals surface area contributed by atoms with Gasteiger partial charge in [0.1, 0.15) is 0 Å². The summed E-state index contributed by atoms with van der Waals surface area (Å²) in [4.78, 5) is 8.92. The number of hydrogen-bond donors (Lipinski definition) is 2. The predicted octanol–water partition coefficient (Wildman–Crippen LogP) is 1.25. The topological polar surface area (TPSA) is 49.3 Å². The zero-order valence-corrected chi connectivity index (χ0v) is 6.86. The standard InChI is InChI=1S/C6H5Cl2NO2/c7-4-1-2-6(8,5(10)11)9-3-4/h1-3,9H,(H,10,11). The van der Waals surface area contributed by atoms with Gasteiger partial charge in [-0.25, -0.2) is 4.79 Å². The van der Waals surface area contributed by atoms with Crippen molar-refractivity contribution in [2.24, 2.45) is 0 Å². The quantitative estimate of drug-likeness (QED) is 0.487. The SMILES string of the molecule is O=C(O)C1(Cl)C=CC(Cl)=CN1. The van der Waals surface area contributed by atoms with Crippen LogP contribution in [0.15, 0.2) is 23.4 Å². The number of rotatable bonds is 1. The van der Waals surface area contributed by atoms with Gasteiger partial charge in [0.2, 0.25) is 5.00 Å². The molecular weight excluding hydrogens is 189 g/mol. The Morgan fingerprint density at radius 3 is 2.73 bits per heavy atom. The number of nitrogens with one attached hydrogen (secondary N) is 1. The smallest absolute Gasteiger partial charge is 0.349 e. The second-order valence-corrected chi connectivity index (χ2v) is 3.06. The van der Waals surface area contributed by atoms with Crippen LogP contribution in [0.25, 0.3) is 0 Å². The fraction of sp³-hybridized carbons (Fsp3) is 0.167. The monoisotopic (exact) mass is 193 g/mol. The number of hydrogen-bond acceptors (Lipinski definition) is 2. The van der Waals surface area contributed by atoms with Gasteiger partial charge in [0, 0.05) is 6.20 Å². The highest BCUT2D eigenvalue weighted by atomic mass is 35.5. The molecule has 1 unspecified atom stereocenters. The van der Waals surface area contributed by atoms with E-state index in [0.29, 0.717) is 5.03 Å². The summed E-state index contributed by atoms with van der Waals surface area (Å²) in [7, 11) is 0. The van der Waals surface area contributed by atoms with Gasteiger partial charge >= 0.3 is 5.97 Å². The summed E-state index contributed by atoms with van der Waals surface area (Å²) in [5, 5.41) is 11.4. The highest BCUT2D eigenvalue weighted by Crippen LogP contribution is 2.20. The lowest BCUT2D eigenvalue weighted by molar-refractivity contribution is -0.139. The molecule has 1 atom stereocenters. The summed E-state index contributed by atoms with van der Waals surface area (Å²) >= 11 is 11.1. The van der Waals surface area contributed by atoms with Crippen LogP contribution in [0.4, 0.5) is 0 Å². The number of dihydropyridines is 1. The van der Waals surface area contributed by atoms with Crippen LogP contribution < -0.4 is 5.32 Å². The van der Waals surface area contributed by atoms with Crippen LogP contribution in [0.1, 0.15) is 0 Å². The Kier molecular flexibility index (Phi) is 2.11. The Balaban J connectivity index is 2.82. The van der Waals surface area contributed by atoms with Crippen LogP contribution in [0.2, 0.25) is 0 Å². The minimum atomic E-state index is -1.54. The molecule has 0 aromatic carbocycles. The molecule has 5 heteroatoms. The molecule has 0 bridgehead atoms. The molecule has 0 aromatic rings. The van der Waals surface area contributed by atoms with Crippen LogP contribution in [0.3, 0.4) is 0 Å². The van der Waals surface area contributed by atoms with Gasteiger partial charge in [0.25, 0.3) is 0 Å². The van der Waals surface area contributed by atoms with E-state index in [2.05, 4.69) is 5.32 Å². The molecule has 0 aromatic heterocycles. The first kappa shape index (κ1) is 8.43. The van der Waals surface area contributed by atoms with Crippen LogP contribution in [-0.4, -0.2) is 16.1 Å². The van der Waals surface area contributed by atoms with Gasteiger partial charge in [-0.05, 0) is 12.2 Å². The molecule has 0 saturated heterocycles. The maximum absolute atomic E-state index is 10.5. The Bertz CT molecular complexity index is 249. The van der Waals surface area contributed by atoms with Gasteiger partial charge < -0.3 is 10.4 Å². The number of allylic oxidation sites excluding steroid dienone is 2. The van der Waals surface area contributed by atoms with Crippen LogP contribution in [0, 0.1) is 0 Å². The highest BCUT2D eigenvalue weighted by Gasteiger charge is 2.33. The number of carboxylic acids is 1. The molecule has 60 valence electrons. The lowest BCUT2D eigenvalue weighted by Gasteiger charge is -2.21. The molecule has 1 aliphatic rings. The van der Waals surface area contributed by atoms with Crippen molar-refractivity contribution in [3.63, 3.8) is 0 Å². The zero-order chi connectivity index (χ0) is 8.48. The van der Waals surface area contributed by atoms with Gasteiger partial charge in [0.15, 0.2) is 0 Å². The third-order valence-corrected chi connectivity index (χ3v) is 1.84. The largest absolute Gasteiger partial charge is 0.478 e. The Labute approximate surface area is 73.3 Å². The third kappa shape index (κ3) is 1.67. The van der Waals surface area contributed by atoms with Crippen molar-refractivity contribution in [3.05, 3.63) is 23.4 Å². The first-order valence-corrected chi connectivity index (χ1v) is 3.55.